The molecule has 3 aromatic rings. The Bertz CT molecular complexity index is 792. The van der Waals surface area contributed by atoms with E-state index in [0.717, 1.165) is 30.9 Å². The third kappa shape index (κ3) is 3.99. The van der Waals surface area contributed by atoms with E-state index in [2.05, 4.69) is 29.2 Å². The molecule has 0 spiro atoms. The van der Waals surface area contributed by atoms with E-state index in [-0.39, 0.29) is 12.3 Å². The Hall–Kier alpha value is -2.94. The largest absolute Gasteiger partial charge is 0.490 e. The molecule has 3 aromatic carbocycles. The first-order valence-corrected chi connectivity index (χ1v) is 9.13. The first kappa shape index (κ1) is 16.5. The summed E-state index contributed by atoms with van der Waals surface area (Å²) in [5.74, 6) is 1.81. The second-order valence-electron chi connectivity index (χ2n) is 6.49. The SMILES string of the molecule is c1ccc(OC2CCN(c3ccccc3)C(Oc3ccccc3)C2)cc1. The molecule has 4 rings (SSSR count). The molecule has 0 saturated carbocycles. The van der Waals surface area contributed by atoms with Crippen LogP contribution in [0.3, 0.4) is 0 Å². The Morgan fingerprint density at radius 3 is 1.81 bits per heavy atom. The van der Waals surface area contributed by atoms with Crippen LogP contribution in [0.2, 0.25) is 0 Å². The van der Waals surface area contributed by atoms with Gasteiger partial charge in [0.15, 0.2) is 6.23 Å². The van der Waals surface area contributed by atoms with E-state index >= 15 is 0 Å². The molecular formula is C23H23NO2. The Labute approximate surface area is 154 Å². The minimum Gasteiger partial charge on any atom is -0.490 e. The van der Waals surface area contributed by atoms with Crippen LogP contribution in [0.25, 0.3) is 0 Å². The molecule has 0 bridgehead atoms. The molecule has 26 heavy (non-hydrogen) atoms. The molecule has 0 N–H and O–H groups in total. The summed E-state index contributed by atoms with van der Waals surface area (Å²) >= 11 is 0. The molecule has 1 saturated heterocycles. The highest BCUT2D eigenvalue weighted by molar-refractivity contribution is 5.47. The fourth-order valence-electron chi connectivity index (χ4n) is 3.38. The first-order valence-electron chi connectivity index (χ1n) is 9.13. The van der Waals surface area contributed by atoms with Crippen LogP contribution in [0.1, 0.15) is 12.8 Å². The van der Waals surface area contributed by atoms with Gasteiger partial charge in [0.2, 0.25) is 0 Å². The number of nitrogens with zero attached hydrogens (tertiary/aromatic N) is 1. The van der Waals surface area contributed by atoms with Gasteiger partial charge in [-0.05, 0) is 36.4 Å². The standard InChI is InChI=1S/C23H23NO2/c1-4-10-19(11-5-1)24-17-16-22(25-20-12-6-2-7-13-20)18-23(24)26-21-14-8-3-9-15-21/h1-15,22-23H,16-18H2. The summed E-state index contributed by atoms with van der Waals surface area (Å²) in [5.41, 5.74) is 1.19. The van der Waals surface area contributed by atoms with Gasteiger partial charge in [0.25, 0.3) is 0 Å². The highest BCUT2D eigenvalue weighted by Gasteiger charge is 2.31. The maximum atomic E-state index is 6.34. The summed E-state index contributed by atoms with van der Waals surface area (Å²) in [6.07, 6.45) is 1.88. The van der Waals surface area contributed by atoms with Crippen LogP contribution in [-0.2, 0) is 0 Å². The lowest BCUT2D eigenvalue weighted by molar-refractivity contribution is 0.0778. The summed E-state index contributed by atoms with van der Waals surface area (Å²) in [6, 6.07) is 30.5. The molecule has 0 aromatic heterocycles. The van der Waals surface area contributed by atoms with Crippen LogP contribution in [0.4, 0.5) is 5.69 Å². The smallest absolute Gasteiger partial charge is 0.175 e. The fourth-order valence-corrected chi connectivity index (χ4v) is 3.38. The summed E-state index contributed by atoms with van der Waals surface area (Å²) in [4.78, 5) is 2.33. The molecule has 1 aliphatic heterocycles. The molecule has 0 aliphatic carbocycles. The minimum absolute atomic E-state index is 0.0535. The van der Waals surface area contributed by atoms with Crippen LogP contribution in [0, 0.1) is 0 Å². The average molecular weight is 345 g/mol. The molecule has 2 atom stereocenters. The van der Waals surface area contributed by atoms with E-state index in [4.69, 9.17) is 9.47 Å². The Kier molecular flexibility index (Phi) is 5.06. The Morgan fingerprint density at radius 1 is 0.654 bits per heavy atom. The number of rotatable bonds is 5. The van der Waals surface area contributed by atoms with Crippen LogP contribution < -0.4 is 14.4 Å². The predicted octanol–water partition coefficient (Wildman–Crippen LogP) is 5.14. The second-order valence-corrected chi connectivity index (χ2v) is 6.49. The van der Waals surface area contributed by atoms with Crippen LogP contribution in [0.15, 0.2) is 91.0 Å². The highest BCUT2D eigenvalue weighted by atomic mass is 16.5. The normalized spacial score (nSPS) is 19.8. The molecule has 132 valence electrons. The van der Waals surface area contributed by atoms with Gasteiger partial charge in [-0.2, -0.15) is 0 Å². The molecule has 2 unspecified atom stereocenters. The van der Waals surface area contributed by atoms with Gasteiger partial charge in [0.1, 0.15) is 17.6 Å². The molecule has 1 heterocycles. The van der Waals surface area contributed by atoms with Crippen LogP contribution in [0.5, 0.6) is 11.5 Å². The maximum Gasteiger partial charge on any atom is 0.175 e. The van der Waals surface area contributed by atoms with Gasteiger partial charge in [0.05, 0.1) is 0 Å². The van der Waals surface area contributed by atoms with Crippen molar-refractivity contribution in [2.45, 2.75) is 25.2 Å². The van der Waals surface area contributed by atoms with Crippen LogP contribution >= 0.6 is 0 Å². The molecule has 0 amide bonds. The second kappa shape index (κ2) is 7.96. The van der Waals surface area contributed by atoms with E-state index in [1.54, 1.807) is 0 Å². The van der Waals surface area contributed by atoms with Gasteiger partial charge in [-0.3, -0.25) is 0 Å². The number of para-hydroxylation sites is 3. The Morgan fingerprint density at radius 2 is 1.19 bits per heavy atom. The molecule has 3 nitrogen and oxygen atoms in total. The zero-order valence-corrected chi connectivity index (χ0v) is 14.7. The van der Waals surface area contributed by atoms with E-state index in [1.165, 1.54) is 5.69 Å². The molecule has 3 heteroatoms. The quantitative estimate of drug-likeness (QED) is 0.639. The van der Waals surface area contributed by atoms with Crippen molar-refractivity contribution < 1.29 is 9.47 Å². The molecule has 0 radical (unpaired) electrons. The van der Waals surface area contributed by atoms with Gasteiger partial charge in [-0.25, -0.2) is 0 Å². The third-order valence-electron chi connectivity index (χ3n) is 4.65. The lowest BCUT2D eigenvalue weighted by Gasteiger charge is -2.40. The van der Waals surface area contributed by atoms with Crippen molar-refractivity contribution in [1.82, 2.24) is 0 Å². The molecule has 1 fully saturated rings. The van der Waals surface area contributed by atoms with Crippen molar-refractivity contribution in [1.29, 1.82) is 0 Å². The van der Waals surface area contributed by atoms with E-state index in [1.807, 2.05) is 66.7 Å². The molecule has 1 aliphatic rings. The van der Waals surface area contributed by atoms with Gasteiger partial charge in [0, 0.05) is 25.1 Å². The summed E-state index contributed by atoms with van der Waals surface area (Å²) in [5, 5.41) is 0. The number of benzene rings is 3. The van der Waals surface area contributed by atoms with E-state index < -0.39 is 0 Å². The van der Waals surface area contributed by atoms with Crippen molar-refractivity contribution in [3.63, 3.8) is 0 Å². The number of hydrogen-bond acceptors (Lipinski definition) is 3. The fraction of sp³-hybridized carbons (Fsp3) is 0.217. The van der Waals surface area contributed by atoms with Gasteiger partial charge in [-0.15, -0.1) is 0 Å². The highest BCUT2D eigenvalue weighted by Crippen LogP contribution is 2.29. The monoisotopic (exact) mass is 345 g/mol. The summed E-state index contributed by atoms with van der Waals surface area (Å²) in [7, 11) is 0. The summed E-state index contributed by atoms with van der Waals surface area (Å²) < 4.78 is 12.5. The number of hydrogen-bond donors (Lipinski definition) is 0. The van der Waals surface area contributed by atoms with Crippen molar-refractivity contribution in [3.05, 3.63) is 91.0 Å². The number of ether oxygens (including phenoxy) is 2. The van der Waals surface area contributed by atoms with Gasteiger partial charge >= 0.3 is 0 Å². The average Bonchev–Trinajstić information content (AvgIpc) is 2.70. The zero-order valence-electron chi connectivity index (χ0n) is 14.7. The minimum atomic E-state index is -0.0535. The van der Waals surface area contributed by atoms with Gasteiger partial charge < -0.3 is 14.4 Å². The number of anilines is 1. The third-order valence-corrected chi connectivity index (χ3v) is 4.65. The maximum absolute atomic E-state index is 6.34. The first-order chi connectivity index (χ1) is 12.9. The van der Waals surface area contributed by atoms with Crippen molar-refractivity contribution in [2.75, 3.05) is 11.4 Å². The topological polar surface area (TPSA) is 21.7 Å². The Balaban J connectivity index is 1.52. The van der Waals surface area contributed by atoms with Crippen LogP contribution in [-0.4, -0.2) is 18.9 Å². The van der Waals surface area contributed by atoms with E-state index in [9.17, 15) is 0 Å². The lowest BCUT2D eigenvalue weighted by atomic mass is 10.0. The van der Waals surface area contributed by atoms with Gasteiger partial charge in [-0.1, -0.05) is 54.6 Å². The van der Waals surface area contributed by atoms with Crippen molar-refractivity contribution in [2.24, 2.45) is 0 Å². The lowest BCUT2D eigenvalue weighted by Crippen LogP contribution is -2.49. The van der Waals surface area contributed by atoms with E-state index in [0.29, 0.717) is 0 Å². The van der Waals surface area contributed by atoms with Crippen molar-refractivity contribution in [3.8, 4) is 11.5 Å². The molecular weight excluding hydrogens is 322 g/mol. The summed E-state index contributed by atoms with van der Waals surface area (Å²) in [6.45, 7) is 0.902. The zero-order chi connectivity index (χ0) is 17.6. The van der Waals surface area contributed by atoms with Crippen molar-refractivity contribution >= 4 is 5.69 Å². The number of piperidine rings is 1. The predicted molar refractivity (Wildman–Crippen MR) is 105 cm³/mol.